The van der Waals surface area contributed by atoms with Crippen LogP contribution < -0.4 is 10.1 Å². The Labute approximate surface area is 190 Å². The first-order valence-electron chi connectivity index (χ1n) is 11.0. The van der Waals surface area contributed by atoms with Crippen LogP contribution in [0.2, 0.25) is 5.02 Å². The van der Waals surface area contributed by atoms with E-state index in [-0.39, 0.29) is 17.9 Å². The van der Waals surface area contributed by atoms with E-state index < -0.39 is 6.04 Å². The van der Waals surface area contributed by atoms with Crippen LogP contribution in [0.3, 0.4) is 0 Å². The standard InChI is InChI=1S/C25H33ClN2O3/c1-4-19(3)27-25(30)23(5-2)28(18-20-10-7-6-8-11-20)24(29)12-9-17-31-22-15-13-21(26)14-16-22/h6-8,10-11,13-16,19,23H,4-5,9,12,17-18H2,1-3H3,(H,27,30)/t19-,23+/m0/s1. The van der Waals surface area contributed by atoms with E-state index in [9.17, 15) is 9.59 Å². The molecule has 0 aliphatic heterocycles. The third-order valence-electron chi connectivity index (χ3n) is 5.20. The highest BCUT2D eigenvalue weighted by Crippen LogP contribution is 2.17. The van der Waals surface area contributed by atoms with E-state index in [1.54, 1.807) is 29.2 Å². The molecule has 2 rings (SSSR count). The Morgan fingerprint density at radius 1 is 1.03 bits per heavy atom. The molecule has 0 bridgehead atoms. The molecule has 31 heavy (non-hydrogen) atoms. The van der Waals surface area contributed by atoms with Gasteiger partial charge in [0.1, 0.15) is 11.8 Å². The topological polar surface area (TPSA) is 58.6 Å². The first-order chi connectivity index (χ1) is 14.9. The normalized spacial score (nSPS) is 12.6. The zero-order chi connectivity index (χ0) is 22.6. The lowest BCUT2D eigenvalue weighted by Gasteiger charge is -2.31. The number of hydrogen-bond donors (Lipinski definition) is 1. The monoisotopic (exact) mass is 444 g/mol. The molecule has 2 aromatic rings. The number of hydrogen-bond acceptors (Lipinski definition) is 3. The minimum absolute atomic E-state index is 0.0466. The second kappa shape index (κ2) is 13.0. The second-order valence-electron chi connectivity index (χ2n) is 7.66. The lowest BCUT2D eigenvalue weighted by atomic mass is 10.1. The third-order valence-corrected chi connectivity index (χ3v) is 5.45. The zero-order valence-corrected chi connectivity index (χ0v) is 19.4. The van der Waals surface area contributed by atoms with Crippen LogP contribution in [-0.2, 0) is 16.1 Å². The van der Waals surface area contributed by atoms with Crippen LogP contribution in [0.15, 0.2) is 54.6 Å². The van der Waals surface area contributed by atoms with Crippen molar-refractivity contribution < 1.29 is 14.3 Å². The molecule has 2 amide bonds. The van der Waals surface area contributed by atoms with Gasteiger partial charge in [-0.3, -0.25) is 9.59 Å². The Bertz CT molecular complexity index is 811. The summed E-state index contributed by atoms with van der Waals surface area (Å²) in [6.45, 7) is 6.77. The summed E-state index contributed by atoms with van der Waals surface area (Å²) in [5, 5.41) is 3.68. The Morgan fingerprint density at radius 2 is 1.71 bits per heavy atom. The number of nitrogens with zero attached hydrogens (tertiary/aromatic N) is 1. The molecule has 0 saturated carbocycles. The van der Waals surface area contributed by atoms with Gasteiger partial charge >= 0.3 is 0 Å². The molecule has 168 valence electrons. The molecule has 0 saturated heterocycles. The smallest absolute Gasteiger partial charge is 0.243 e. The average molecular weight is 445 g/mol. The number of rotatable bonds is 12. The van der Waals surface area contributed by atoms with E-state index in [4.69, 9.17) is 16.3 Å². The van der Waals surface area contributed by atoms with Crippen molar-refractivity contribution in [2.24, 2.45) is 0 Å². The first kappa shape index (κ1) is 24.7. The van der Waals surface area contributed by atoms with Crippen LogP contribution in [0, 0.1) is 0 Å². The fourth-order valence-corrected chi connectivity index (χ4v) is 3.35. The highest BCUT2D eigenvalue weighted by atomic mass is 35.5. The number of halogens is 1. The predicted molar refractivity (Wildman–Crippen MR) is 125 cm³/mol. The van der Waals surface area contributed by atoms with Gasteiger partial charge in [-0.1, -0.05) is 55.8 Å². The Hall–Kier alpha value is -2.53. The van der Waals surface area contributed by atoms with E-state index in [2.05, 4.69) is 5.32 Å². The summed E-state index contributed by atoms with van der Waals surface area (Å²) in [5.74, 6) is 0.575. The fourth-order valence-electron chi connectivity index (χ4n) is 3.23. The fraction of sp³-hybridized carbons (Fsp3) is 0.440. The van der Waals surface area contributed by atoms with Crippen molar-refractivity contribution in [1.29, 1.82) is 0 Å². The van der Waals surface area contributed by atoms with Gasteiger partial charge in [-0.2, -0.15) is 0 Å². The summed E-state index contributed by atoms with van der Waals surface area (Å²) < 4.78 is 5.70. The summed E-state index contributed by atoms with van der Waals surface area (Å²) in [7, 11) is 0. The molecule has 0 aliphatic rings. The summed E-state index contributed by atoms with van der Waals surface area (Å²) in [6.07, 6.45) is 2.28. The number of carbonyl (C=O) groups is 2. The van der Waals surface area contributed by atoms with Crippen molar-refractivity contribution >= 4 is 23.4 Å². The number of amides is 2. The SMILES string of the molecule is CC[C@H](C(=O)N[C@@H](C)CC)N(Cc1ccccc1)C(=O)CCCOc1ccc(Cl)cc1. The lowest BCUT2D eigenvalue weighted by Crippen LogP contribution is -2.50. The molecule has 0 spiro atoms. The molecule has 0 radical (unpaired) electrons. The zero-order valence-electron chi connectivity index (χ0n) is 18.6. The highest BCUT2D eigenvalue weighted by Gasteiger charge is 2.28. The molecule has 2 atom stereocenters. The molecule has 0 aliphatic carbocycles. The Kier molecular flexibility index (Phi) is 10.4. The van der Waals surface area contributed by atoms with E-state index in [0.717, 1.165) is 17.7 Å². The molecule has 0 fully saturated rings. The van der Waals surface area contributed by atoms with Gasteiger partial charge in [0.05, 0.1) is 6.61 Å². The predicted octanol–water partition coefficient (Wildman–Crippen LogP) is 5.22. The van der Waals surface area contributed by atoms with E-state index >= 15 is 0 Å². The Morgan fingerprint density at radius 3 is 2.32 bits per heavy atom. The lowest BCUT2D eigenvalue weighted by molar-refractivity contribution is -0.141. The van der Waals surface area contributed by atoms with Crippen molar-refractivity contribution in [3.8, 4) is 5.75 Å². The van der Waals surface area contributed by atoms with Crippen molar-refractivity contribution in [2.75, 3.05) is 6.61 Å². The molecule has 1 N–H and O–H groups in total. The van der Waals surface area contributed by atoms with Crippen LogP contribution in [-0.4, -0.2) is 35.4 Å². The molecule has 0 heterocycles. The minimum Gasteiger partial charge on any atom is -0.494 e. The maximum absolute atomic E-state index is 13.1. The molecule has 6 heteroatoms. The molecular weight excluding hydrogens is 412 g/mol. The van der Waals surface area contributed by atoms with E-state index in [0.29, 0.717) is 37.4 Å². The number of benzene rings is 2. The largest absolute Gasteiger partial charge is 0.494 e. The van der Waals surface area contributed by atoms with Gasteiger partial charge in [0.15, 0.2) is 0 Å². The van der Waals surface area contributed by atoms with Crippen molar-refractivity contribution in [3.63, 3.8) is 0 Å². The van der Waals surface area contributed by atoms with Gasteiger partial charge in [0.25, 0.3) is 0 Å². The van der Waals surface area contributed by atoms with E-state index in [1.165, 1.54) is 0 Å². The van der Waals surface area contributed by atoms with Crippen molar-refractivity contribution in [2.45, 2.75) is 65.1 Å². The summed E-state index contributed by atoms with van der Waals surface area (Å²) in [6, 6.07) is 16.5. The molecule has 2 aromatic carbocycles. The average Bonchev–Trinajstić information content (AvgIpc) is 2.78. The van der Waals surface area contributed by atoms with Gasteiger partial charge in [0.2, 0.25) is 11.8 Å². The van der Waals surface area contributed by atoms with Crippen LogP contribution in [0.5, 0.6) is 5.75 Å². The minimum atomic E-state index is -0.501. The summed E-state index contributed by atoms with van der Waals surface area (Å²) in [4.78, 5) is 27.7. The number of nitrogens with one attached hydrogen (secondary N) is 1. The number of ether oxygens (including phenoxy) is 1. The van der Waals surface area contributed by atoms with Crippen LogP contribution in [0.4, 0.5) is 0 Å². The maximum Gasteiger partial charge on any atom is 0.243 e. The van der Waals surface area contributed by atoms with Gasteiger partial charge in [-0.15, -0.1) is 0 Å². The Balaban J connectivity index is 2.02. The highest BCUT2D eigenvalue weighted by molar-refractivity contribution is 6.30. The van der Waals surface area contributed by atoms with Crippen LogP contribution in [0.25, 0.3) is 0 Å². The second-order valence-corrected chi connectivity index (χ2v) is 8.09. The van der Waals surface area contributed by atoms with Gasteiger partial charge in [0, 0.05) is 24.0 Å². The molecule has 5 nitrogen and oxygen atoms in total. The first-order valence-corrected chi connectivity index (χ1v) is 11.3. The maximum atomic E-state index is 13.1. The third kappa shape index (κ3) is 8.25. The molecule has 0 aromatic heterocycles. The summed E-state index contributed by atoms with van der Waals surface area (Å²) in [5.41, 5.74) is 1.00. The van der Waals surface area contributed by atoms with E-state index in [1.807, 2.05) is 51.1 Å². The van der Waals surface area contributed by atoms with Crippen molar-refractivity contribution in [1.82, 2.24) is 10.2 Å². The van der Waals surface area contributed by atoms with Gasteiger partial charge in [-0.25, -0.2) is 0 Å². The molecular formula is C25H33ClN2O3. The quantitative estimate of drug-likeness (QED) is 0.456. The van der Waals surface area contributed by atoms with Crippen LogP contribution in [0.1, 0.15) is 52.0 Å². The van der Waals surface area contributed by atoms with Gasteiger partial charge in [-0.05, 0) is 56.0 Å². The van der Waals surface area contributed by atoms with Crippen molar-refractivity contribution in [3.05, 3.63) is 65.2 Å². The van der Waals surface area contributed by atoms with Crippen LogP contribution >= 0.6 is 11.6 Å². The molecule has 0 unspecified atom stereocenters. The summed E-state index contributed by atoms with van der Waals surface area (Å²) >= 11 is 5.89. The number of carbonyl (C=O) groups excluding carboxylic acids is 2. The van der Waals surface area contributed by atoms with Gasteiger partial charge < -0.3 is 15.0 Å².